The highest BCUT2D eigenvalue weighted by Gasteiger charge is 2.93. The molecule has 0 aromatic carbocycles. The van der Waals surface area contributed by atoms with E-state index in [-0.39, 0.29) is 6.92 Å². The molecule has 0 rings (SSSR count). The van der Waals surface area contributed by atoms with Gasteiger partial charge in [-0.25, -0.2) is 0 Å². The van der Waals surface area contributed by atoms with Gasteiger partial charge in [0.15, 0.2) is 0 Å². The quantitative estimate of drug-likeness (QED) is 0.308. The average Bonchev–Trinajstić information content (AvgIpc) is 2.33. The van der Waals surface area contributed by atoms with Crippen LogP contribution >= 0.6 is 0 Å². The highest BCUT2D eigenvalue weighted by atomic mass is 16.7. The van der Waals surface area contributed by atoms with Crippen molar-refractivity contribution in [3.8, 4) is 0 Å². The van der Waals surface area contributed by atoms with Crippen LogP contribution in [0.3, 0.4) is 0 Å². The predicted octanol–water partition coefficient (Wildman–Crippen LogP) is -0.875. The Hall–Kier alpha value is -2.48. The molecule has 0 aromatic rings. The van der Waals surface area contributed by atoms with Crippen molar-refractivity contribution >= 4 is 0 Å². The summed E-state index contributed by atoms with van der Waals surface area (Å²) in [4.78, 5) is 36.9. The third kappa shape index (κ3) is 1.99. The average molecular weight is 298 g/mol. The maximum Gasteiger partial charge on any atom is 0.643 e. The lowest BCUT2D eigenvalue weighted by molar-refractivity contribution is -0.944. The van der Waals surface area contributed by atoms with Crippen molar-refractivity contribution in [2.24, 2.45) is 0 Å². The van der Waals surface area contributed by atoms with Gasteiger partial charge < -0.3 is 9.47 Å². The Kier molecular flexibility index (Phi) is 4.96. The minimum atomic E-state index is -3.98. The smallest absolute Gasteiger partial charge is 0.343 e. The Balaban J connectivity index is 6.67. The van der Waals surface area contributed by atoms with Gasteiger partial charge in [0.25, 0.3) is 0 Å². The van der Waals surface area contributed by atoms with Crippen LogP contribution in [0.5, 0.6) is 0 Å². The highest BCUT2D eigenvalue weighted by Crippen LogP contribution is 2.35. The van der Waals surface area contributed by atoms with Crippen molar-refractivity contribution in [1.82, 2.24) is 0 Å². The molecule has 0 amide bonds. The first-order chi connectivity index (χ1) is 9.04. The number of hydrogen-bond acceptors (Lipinski definition) is 10. The van der Waals surface area contributed by atoms with E-state index >= 15 is 0 Å². The summed E-state index contributed by atoms with van der Waals surface area (Å²) in [6.45, 7) is 0.143. The van der Waals surface area contributed by atoms with E-state index in [2.05, 4.69) is 9.47 Å². The van der Waals surface area contributed by atoms with Crippen LogP contribution in [0.1, 0.15) is 6.92 Å². The minimum absolute atomic E-state index is 0.143. The van der Waals surface area contributed by atoms with Crippen molar-refractivity contribution in [3.63, 3.8) is 0 Å². The van der Waals surface area contributed by atoms with Gasteiger partial charge in [-0.15, -0.1) is 0 Å². The first kappa shape index (κ1) is 17.5. The summed E-state index contributed by atoms with van der Waals surface area (Å²) in [6, 6.07) is 0. The molecule has 0 radical (unpaired) electrons. The van der Waals surface area contributed by atoms with Crippen LogP contribution in [0.15, 0.2) is 0 Å². The van der Waals surface area contributed by atoms with Crippen molar-refractivity contribution in [3.05, 3.63) is 40.5 Å². The highest BCUT2D eigenvalue weighted by molar-refractivity contribution is 4.85. The number of nitro groups is 4. The second kappa shape index (κ2) is 5.66. The maximum absolute atomic E-state index is 11.1. The lowest BCUT2D eigenvalue weighted by Crippen LogP contribution is -2.75. The van der Waals surface area contributed by atoms with Crippen LogP contribution < -0.4 is 0 Å². The molecule has 0 fully saturated rings. The van der Waals surface area contributed by atoms with Crippen molar-refractivity contribution in [2.75, 3.05) is 14.2 Å². The van der Waals surface area contributed by atoms with E-state index in [1.807, 2.05) is 0 Å². The number of ether oxygens (including phenoxy) is 2. The van der Waals surface area contributed by atoms with E-state index in [1.165, 1.54) is 0 Å². The summed E-state index contributed by atoms with van der Waals surface area (Å²) in [6.07, 6.45) is -2.46. The Morgan fingerprint density at radius 2 is 1.10 bits per heavy atom. The van der Waals surface area contributed by atoms with Crippen molar-refractivity contribution in [1.29, 1.82) is 0 Å². The molecule has 0 saturated heterocycles. The fourth-order valence-corrected chi connectivity index (χ4v) is 1.57. The molecule has 0 aliphatic carbocycles. The van der Waals surface area contributed by atoms with E-state index in [0.29, 0.717) is 0 Å². The molecule has 0 heterocycles. The zero-order valence-electron chi connectivity index (χ0n) is 10.4. The molecule has 0 saturated carbocycles. The van der Waals surface area contributed by atoms with Gasteiger partial charge in [-0.3, -0.25) is 40.5 Å². The number of hydrogen-bond donors (Lipinski definition) is 0. The number of methoxy groups -OCH3 is 2. The molecule has 14 heteroatoms. The van der Waals surface area contributed by atoms with Gasteiger partial charge in [-0.05, 0) is 0 Å². The number of nitrogens with zero attached hydrogens (tertiary/aromatic N) is 4. The first-order valence-corrected chi connectivity index (χ1v) is 4.68. The summed E-state index contributed by atoms with van der Waals surface area (Å²) < 4.78 is 8.64. The van der Waals surface area contributed by atoms with Gasteiger partial charge in [-0.1, -0.05) is 0 Å². The summed E-state index contributed by atoms with van der Waals surface area (Å²) in [5.41, 5.74) is -7.81. The predicted molar refractivity (Wildman–Crippen MR) is 56.9 cm³/mol. The third-order valence-corrected chi connectivity index (χ3v) is 2.72. The van der Waals surface area contributed by atoms with Crippen LogP contribution in [0.25, 0.3) is 0 Å². The van der Waals surface area contributed by atoms with E-state index in [9.17, 15) is 40.5 Å². The molecule has 20 heavy (non-hydrogen) atoms. The molecule has 0 aromatic heterocycles. The molecule has 0 N–H and O–H groups in total. The SMILES string of the molecule is COC(OC)C([N+](=O)[O-])([N+](=O)[O-])C(C)([N+](=O)[O-])[N+](=O)[O-]. The van der Waals surface area contributed by atoms with Crippen molar-refractivity contribution in [2.45, 2.75) is 24.5 Å². The monoisotopic (exact) mass is 298 g/mol. The summed E-state index contributed by atoms with van der Waals surface area (Å²) in [5, 5.41) is 43.9. The van der Waals surface area contributed by atoms with E-state index < -0.39 is 37.3 Å². The first-order valence-electron chi connectivity index (χ1n) is 4.68. The Morgan fingerprint density at radius 1 is 0.800 bits per heavy atom. The molecule has 0 unspecified atom stereocenters. The fourth-order valence-electron chi connectivity index (χ4n) is 1.57. The zero-order chi connectivity index (χ0) is 16.3. The summed E-state index contributed by atoms with van der Waals surface area (Å²) in [7, 11) is 1.44. The lowest BCUT2D eigenvalue weighted by atomic mass is 9.95. The molecule has 0 aliphatic rings. The molecular weight excluding hydrogens is 288 g/mol. The third-order valence-electron chi connectivity index (χ3n) is 2.72. The molecule has 0 spiro atoms. The maximum atomic E-state index is 11.1. The van der Waals surface area contributed by atoms with Crippen LogP contribution in [0.4, 0.5) is 0 Å². The zero-order valence-corrected chi connectivity index (χ0v) is 10.4. The molecule has 0 atom stereocenters. The molecule has 0 bridgehead atoms. The Bertz CT molecular complexity index is 417. The number of rotatable bonds is 8. The topological polar surface area (TPSA) is 191 Å². The molecule has 0 aliphatic heterocycles. The lowest BCUT2D eigenvalue weighted by Gasteiger charge is -2.25. The Labute approximate surface area is 109 Å². The van der Waals surface area contributed by atoms with E-state index in [4.69, 9.17) is 0 Å². The second-order valence-corrected chi connectivity index (χ2v) is 3.58. The summed E-state index contributed by atoms with van der Waals surface area (Å²) in [5.74, 6) is 0. The molecule has 114 valence electrons. The van der Waals surface area contributed by atoms with Gasteiger partial charge in [0.2, 0.25) is 0 Å². The Morgan fingerprint density at radius 3 is 1.25 bits per heavy atom. The standard InChI is InChI=1S/C6H10N4O10/c1-5(7(11)12,8(13)14)6(9(15)16,10(17)18)4(19-2)20-3/h4H,1-3H3. The van der Waals surface area contributed by atoms with Crippen molar-refractivity contribution < 1.29 is 29.2 Å². The van der Waals surface area contributed by atoms with Crippen LogP contribution in [-0.2, 0) is 9.47 Å². The normalized spacial score (nSPS) is 12.2. The van der Waals surface area contributed by atoms with Crippen LogP contribution in [0, 0.1) is 40.5 Å². The van der Waals surface area contributed by atoms with E-state index in [1.54, 1.807) is 0 Å². The molecule has 14 nitrogen and oxygen atoms in total. The van der Waals surface area contributed by atoms with Crippen LogP contribution in [-0.4, -0.2) is 51.5 Å². The largest absolute Gasteiger partial charge is 0.643 e. The minimum Gasteiger partial charge on any atom is -0.343 e. The molecular formula is C6H10N4O10. The van der Waals surface area contributed by atoms with Gasteiger partial charge in [0.05, 0.1) is 6.92 Å². The van der Waals surface area contributed by atoms with Gasteiger partial charge in [0.1, 0.15) is 19.7 Å². The summed E-state index contributed by atoms with van der Waals surface area (Å²) >= 11 is 0. The fraction of sp³-hybridized carbons (Fsp3) is 1.00. The second-order valence-electron chi connectivity index (χ2n) is 3.58. The van der Waals surface area contributed by atoms with Gasteiger partial charge in [0, 0.05) is 14.2 Å². The van der Waals surface area contributed by atoms with Gasteiger partial charge >= 0.3 is 17.6 Å². The van der Waals surface area contributed by atoms with Gasteiger partial charge in [-0.2, -0.15) is 0 Å². The van der Waals surface area contributed by atoms with E-state index in [0.717, 1.165) is 14.2 Å². The van der Waals surface area contributed by atoms with Crippen LogP contribution in [0.2, 0.25) is 0 Å².